The second kappa shape index (κ2) is 2.99. The van der Waals surface area contributed by atoms with Crippen LogP contribution in [0.2, 0.25) is 0 Å². The van der Waals surface area contributed by atoms with Crippen molar-refractivity contribution in [2.45, 2.75) is 32.1 Å². The molecule has 12 heavy (non-hydrogen) atoms. The van der Waals surface area contributed by atoms with E-state index in [4.69, 9.17) is 5.11 Å². The summed E-state index contributed by atoms with van der Waals surface area (Å²) in [6, 6.07) is 0. The van der Waals surface area contributed by atoms with Crippen LogP contribution in [0.4, 0.5) is 8.78 Å². The molecule has 0 amide bonds. The van der Waals surface area contributed by atoms with Crippen molar-refractivity contribution in [2.24, 2.45) is 11.8 Å². The van der Waals surface area contributed by atoms with Gasteiger partial charge < -0.3 is 5.11 Å². The lowest BCUT2D eigenvalue weighted by atomic mass is 9.99. The topological polar surface area (TPSA) is 37.3 Å². The molecule has 1 aliphatic carbocycles. The van der Waals surface area contributed by atoms with Gasteiger partial charge in [0.25, 0.3) is 0 Å². The zero-order valence-electron chi connectivity index (χ0n) is 6.89. The molecular weight excluding hydrogens is 166 g/mol. The quantitative estimate of drug-likeness (QED) is 0.703. The van der Waals surface area contributed by atoms with Crippen molar-refractivity contribution in [1.82, 2.24) is 0 Å². The molecule has 1 N–H and O–H groups in total. The highest BCUT2D eigenvalue weighted by molar-refractivity contribution is 5.70. The number of hydrogen-bond donors (Lipinski definition) is 1. The van der Waals surface area contributed by atoms with Gasteiger partial charge in [0.1, 0.15) is 0 Å². The van der Waals surface area contributed by atoms with Crippen molar-refractivity contribution in [2.75, 3.05) is 0 Å². The fourth-order valence-electron chi connectivity index (χ4n) is 1.67. The molecule has 1 fully saturated rings. The lowest BCUT2D eigenvalue weighted by Gasteiger charge is -2.17. The SMILES string of the molecule is CC(F)(F)C1CCC(C(=O)O)C1. The molecule has 0 saturated heterocycles. The highest BCUT2D eigenvalue weighted by atomic mass is 19.3. The summed E-state index contributed by atoms with van der Waals surface area (Å²) >= 11 is 0. The third kappa shape index (κ3) is 1.93. The van der Waals surface area contributed by atoms with Crippen molar-refractivity contribution < 1.29 is 18.7 Å². The van der Waals surface area contributed by atoms with Crippen LogP contribution >= 0.6 is 0 Å². The lowest BCUT2D eigenvalue weighted by Crippen LogP contribution is -2.22. The van der Waals surface area contributed by atoms with Crippen molar-refractivity contribution in [3.63, 3.8) is 0 Å². The van der Waals surface area contributed by atoms with Gasteiger partial charge in [-0.1, -0.05) is 0 Å². The molecule has 2 atom stereocenters. The first-order valence-electron chi connectivity index (χ1n) is 4.02. The molecular formula is C8H12F2O2. The second-order valence-corrected chi connectivity index (χ2v) is 3.50. The Labute approximate surface area is 69.6 Å². The Hall–Kier alpha value is -0.670. The van der Waals surface area contributed by atoms with Crippen LogP contribution in [0.25, 0.3) is 0 Å². The van der Waals surface area contributed by atoms with E-state index >= 15 is 0 Å². The van der Waals surface area contributed by atoms with Crippen LogP contribution < -0.4 is 0 Å². The third-order valence-electron chi connectivity index (χ3n) is 2.50. The van der Waals surface area contributed by atoms with E-state index in [0.29, 0.717) is 12.8 Å². The molecule has 0 heterocycles. The first kappa shape index (κ1) is 9.42. The molecule has 0 radical (unpaired) electrons. The molecule has 1 saturated carbocycles. The van der Waals surface area contributed by atoms with Crippen molar-refractivity contribution >= 4 is 5.97 Å². The minimum atomic E-state index is -2.72. The number of halogens is 2. The first-order valence-corrected chi connectivity index (χ1v) is 4.02. The van der Waals surface area contributed by atoms with E-state index in [-0.39, 0.29) is 6.42 Å². The van der Waals surface area contributed by atoms with Gasteiger partial charge in [0.2, 0.25) is 5.92 Å². The summed E-state index contributed by atoms with van der Waals surface area (Å²) in [6.07, 6.45) is 0.850. The number of carbonyl (C=O) groups is 1. The van der Waals surface area contributed by atoms with Crippen molar-refractivity contribution in [1.29, 1.82) is 0 Å². The van der Waals surface area contributed by atoms with Gasteiger partial charge in [-0.15, -0.1) is 0 Å². The number of carboxylic acid groups (broad SMARTS) is 1. The summed E-state index contributed by atoms with van der Waals surface area (Å²) in [5, 5.41) is 8.55. The molecule has 1 rings (SSSR count). The average Bonchev–Trinajstić information content (AvgIpc) is 2.30. The third-order valence-corrected chi connectivity index (χ3v) is 2.50. The Morgan fingerprint density at radius 2 is 2.08 bits per heavy atom. The maximum absolute atomic E-state index is 12.7. The standard InChI is InChI=1S/C8H12F2O2/c1-8(9,10)6-3-2-5(4-6)7(11)12/h5-6H,2-4H2,1H3,(H,11,12). The predicted octanol–water partition coefficient (Wildman–Crippen LogP) is 2.14. The van der Waals surface area contributed by atoms with Crippen LogP contribution in [0, 0.1) is 11.8 Å². The highest BCUT2D eigenvalue weighted by Gasteiger charge is 2.41. The lowest BCUT2D eigenvalue weighted by molar-refractivity contribution is -0.141. The normalized spacial score (nSPS) is 30.6. The van der Waals surface area contributed by atoms with E-state index in [1.807, 2.05) is 0 Å². The molecule has 70 valence electrons. The van der Waals surface area contributed by atoms with Crippen LogP contribution in [-0.2, 0) is 4.79 Å². The second-order valence-electron chi connectivity index (χ2n) is 3.50. The van der Waals surface area contributed by atoms with Crippen LogP contribution in [0.3, 0.4) is 0 Å². The summed E-state index contributed by atoms with van der Waals surface area (Å²) in [5.41, 5.74) is 0. The zero-order chi connectivity index (χ0) is 9.35. The first-order chi connectivity index (χ1) is 5.41. The van der Waals surface area contributed by atoms with Gasteiger partial charge in [-0.2, -0.15) is 0 Å². The van der Waals surface area contributed by atoms with E-state index in [0.717, 1.165) is 6.92 Å². The molecule has 2 unspecified atom stereocenters. The number of alkyl halides is 2. The smallest absolute Gasteiger partial charge is 0.306 e. The van der Waals surface area contributed by atoms with Gasteiger partial charge >= 0.3 is 5.97 Å². The van der Waals surface area contributed by atoms with E-state index in [1.54, 1.807) is 0 Å². The van der Waals surface area contributed by atoms with Gasteiger partial charge in [0, 0.05) is 5.92 Å². The maximum Gasteiger partial charge on any atom is 0.306 e. The molecule has 0 bridgehead atoms. The fraction of sp³-hybridized carbons (Fsp3) is 0.875. The number of hydrogen-bond acceptors (Lipinski definition) is 1. The summed E-state index contributed by atoms with van der Waals surface area (Å²) in [7, 11) is 0. The molecule has 0 aromatic rings. The van der Waals surface area contributed by atoms with E-state index in [9.17, 15) is 13.6 Å². The molecule has 1 aliphatic rings. The molecule has 0 aliphatic heterocycles. The summed E-state index contributed by atoms with van der Waals surface area (Å²) < 4.78 is 25.3. The van der Waals surface area contributed by atoms with Gasteiger partial charge in [0.05, 0.1) is 5.92 Å². The Morgan fingerprint density at radius 1 is 1.50 bits per heavy atom. The van der Waals surface area contributed by atoms with Gasteiger partial charge in [0.15, 0.2) is 0 Å². The van der Waals surface area contributed by atoms with Gasteiger partial charge in [-0.25, -0.2) is 8.78 Å². The molecule has 2 nitrogen and oxygen atoms in total. The van der Waals surface area contributed by atoms with E-state index in [2.05, 4.69) is 0 Å². The number of aliphatic carboxylic acids is 1. The van der Waals surface area contributed by atoms with Crippen molar-refractivity contribution in [3.8, 4) is 0 Å². The highest BCUT2D eigenvalue weighted by Crippen LogP contribution is 2.40. The number of rotatable bonds is 2. The maximum atomic E-state index is 12.7. The van der Waals surface area contributed by atoms with E-state index < -0.39 is 23.7 Å². The fourth-order valence-corrected chi connectivity index (χ4v) is 1.67. The Balaban J connectivity index is 2.51. The van der Waals surface area contributed by atoms with E-state index in [1.165, 1.54) is 0 Å². The zero-order valence-corrected chi connectivity index (χ0v) is 6.89. The van der Waals surface area contributed by atoms with Crippen molar-refractivity contribution in [3.05, 3.63) is 0 Å². The monoisotopic (exact) mass is 178 g/mol. The average molecular weight is 178 g/mol. The van der Waals surface area contributed by atoms with Crippen LogP contribution in [0.15, 0.2) is 0 Å². The Kier molecular flexibility index (Phi) is 2.35. The molecule has 0 aromatic heterocycles. The van der Waals surface area contributed by atoms with Crippen LogP contribution in [0.5, 0.6) is 0 Å². The molecule has 0 aromatic carbocycles. The Bertz CT molecular complexity index is 186. The van der Waals surface area contributed by atoms with Gasteiger partial charge in [-0.3, -0.25) is 4.79 Å². The largest absolute Gasteiger partial charge is 0.481 e. The molecule has 0 spiro atoms. The van der Waals surface area contributed by atoms with Crippen LogP contribution in [-0.4, -0.2) is 17.0 Å². The van der Waals surface area contributed by atoms with Gasteiger partial charge in [-0.05, 0) is 26.2 Å². The predicted molar refractivity (Wildman–Crippen MR) is 39.1 cm³/mol. The summed E-state index contributed by atoms with van der Waals surface area (Å²) in [6.45, 7) is 0.863. The summed E-state index contributed by atoms with van der Waals surface area (Å²) in [4.78, 5) is 10.4. The van der Waals surface area contributed by atoms with Crippen LogP contribution in [0.1, 0.15) is 26.2 Å². The minimum absolute atomic E-state index is 0.124. The molecule has 4 heteroatoms. The summed E-state index contributed by atoms with van der Waals surface area (Å²) in [5.74, 6) is -4.95. The minimum Gasteiger partial charge on any atom is -0.481 e. The number of carboxylic acids is 1. The Morgan fingerprint density at radius 3 is 2.33 bits per heavy atom.